The van der Waals surface area contributed by atoms with Crippen LogP contribution in [0.5, 0.6) is 0 Å². The summed E-state index contributed by atoms with van der Waals surface area (Å²) >= 11 is 0. The van der Waals surface area contributed by atoms with Crippen LogP contribution in [0.2, 0.25) is 0 Å². The van der Waals surface area contributed by atoms with Gasteiger partial charge >= 0.3 is 12.1 Å². The fourth-order valence-corrected chi connectivity index (χ4v) is 4.77. The van der Waals surface area contributed by atoms with Gasteiger partial charge in [-0.15, -0.1) is 0 Å². The molecule has 3 aromatic carbocycles. The van der Waals surface area contributed by atoms with Crippen LogP contribution in [0.3, 0.4) is 0 Å². The molecule has 1 aromatic heterocycles. The molecule has 1 aliphatic heterocycles. The lowest BCUT2D eigenvalue weighted by Crippen LogP contribution is -2.64. The molecule has 1 amide bonds. The van der Waals surface area contributed by atoms with Gasteiger partial charge in [0.05, 0.1) is 5.69 Å². The largest absolute Gasteiger partial charge is 0.551 e. The first-order chi connectivity index (χ1) is 18.5. The lowest BCUT2D eigenvalue weighted by Gasteiger charge is -2.39. The Morgan fingerprint density at radius 2 is 1.63 bits per heavy atom. The molecule has 0 aliphatic carbocycles. The number of oxazole rings is 1. The third-order valence-electron chi connectivity index (χ3n) is 6.81. The van der Waals surface area contributed by atoms with E-state index in [0.717, 1.165) is 22.3 Å². The molecule has 4 aromatic rings. The summed E-state index contributed by atoms with van der Waals surface area (Å²) in [7, 11) is 0. The lowest BCUT2D eigenvalue weighted by molar-refractivity contribution is -1.07. The first kappa shape index (κ1) is 25.4. The molecule has 8 nitrogen and oxygen atoms in total. The van der Waals surface area contributed by atoms with Gasteiger partial charge in [-0.25, -0.2) is 9.78 Å². The van der Waals surface area contributed by atoms with Gasteiger partial charge < -0.3 is 14.3 Å². The topological polar surface area (TPSA) is 98.9 Å². The number of hydrogen-bond acceptors (Lipinski definition) is 6. The Balaban J connectivity index is 1.40. The van der Waals surface area contributed by atoms with Gasteiger partial charge in [0.1, 0.15) is 25.5 Å². The smallest absolute Gasteiger partial charge is 0.477 e. The number of aromatic nitrogens is 1. The minimum atomic E-state index is -1.16. The molecule has 0 saturated carbocycles. The monoisotopic (exact) mass is 513 g/mol. The van der Waals surface area contributed by atoms with Crippen LogP contribution in [0.25, 0.3) is 11.5 Å². The van der Waals surface area contributed by atoms with Crippen molar-refractivity contribution >= 4 is 12.1 Å². The molecule has 194 valence electrons. The van der Waals surface area contributed by atoms with Crippen LogP contribution in [0, 0.1) is 6.92 Å². The molecule has 0 saturated heterocycles. The maximum absolute atomic E-state index is 13.6. The van der Waals surface area contributed by atoms with Crippen LogP contribution in [0.4, 0.5) is 4.79 Å². The van der Waals surface area contributed by atoms with E-state index in [-0.39, 0.29) is 26.2 Å². The molecular weight excluding hydrogens is 484 g/mol. The maximum atomic E-state index is 13.6. The van der Waals surface area contributed by atoms with Gasteiger partial charge in [0.2, 0.25) is 11.9 Å². The van der Waals surface area contributed by atoms with Crippen LogP contribution >= 0.6 is 0 Å². The highest BCUT2D eigenvalue weighted by Crippen LogP contribution is 2.33. The van der Waals surface area contributed by atoms with E-state index in [1.165, 1.54) is 0 Å². The summed E-state index contributed by atoms with van der Waals surface area (Å²) in [5.41, 5.74) is 4.08. The number of ether oxygens (including phenoxy) is 1. The van der Waals surface area contributed by atoms with Crippen LogP contribution in [-0.4, -0.2) is 39.4 Å². The number of aryl methyl sites for hydroxylation is 1. The highest BCUT2D eigenvalue weighted by atomic mass is 16.8. The molecule has 0 fully saturated rings. The van der Waals surface area contributed by atoms with Crippen molar-refractivity contribution in [1.82, 2.24) is 4.98 Å². The summed E-state index contributed by atoms with van der Waals surface area (Å²) < 4.78 is 10.7. The Labute approximate surface area is 220 Å². The highest BCUT2D eigenvalue weighted by molar-refractivity contribution is 5.76. The molecule has 38 heavy (non-hydrogen) atoms. The third kappa shape index (κ3) is 5.22. The van der Waals surface area contributed by atoms with Crippen molar-refractivity contribution in [2.75, 3.05) is 6.61 Å². The summed E-state index contributed by atoms with van der Waals surface area (Å²) in [4.78, 5) is 37.0. The Hall–Kier alpha value is -4.27. The number of hydrogen-bond donors (Lipinski definition) is 1. The molecule has 5 rings (SSSR count). The zero-order chi connectivity index (χ0) is 26.5. The molecule has 2 atom stereocenters. The van der Waals surface area contributed by atoms with E-state index in [0.29, 0.717) is 23.8 Å². The van der Waals surface area contributed by atoms with E-state index >= 15 is 0 Å². The Kier molecular flexibility index (Phi) is 7.35. The second kappa shape index (κ2) is 11.0. The molecule has 1 aliphatic rings. The number of nitrogens with zero attached hydrogens (tertiary/aromatic N) is 2. The number of hydroxylamine groups is 3. The molecule has 0 radical (unpaired) electrons. The van der Waals surface area contributed by atoms with Gasteiger partial charge in [-0.2, -0.15) is 9.63 Å². The quantitative estimate of drug-likeness (QED) is 0.311. The van der Waals surface area contributed by atoms with Crippen molar-refractivity contribution in [2.45, 2.75) is 39.0 Å². The van der Waals surface area contributed by atoms with Crippen molar-refractivity contribution in [1.29, 1.82) is 0 Å². The van der Waals surface area contributed by atoms with E-state index in [1.54, 1.807) is 0 Å². The Morgan fingerprint density at radius 1 is 0.974 bits per heavy atom. The number of carbonyl (C=O) groups excluding carboxylic acids is 1. The van der Waals surface area contributed by atoms with Gasteiger partial charge in [-0.3, -0.25) is 0 Å². The predicted molar refractivity (Wildman–Crippen MR) is 138 cm³/mol. The zero-order valence-corrected chi connectivity index (χ0v) is 21.1. The predicted octanol–water partition coefficient (Wildman–Crippen LogP) is 5.49. The van der Waals surface area contributed by atoms with E-state index in [2.05, 4.69) is 4.98 Å². The van der Waals surface area contributed by atoms with Crippen LogP contribution in [0.1, 0.15) is 28.1 Å². The highest BCUT2D eigenvalue weighted by Gasteiger charge is 2.56. The lowest BCUT2D eigenvalue weighted by atomic mass is 9.94. The minimum absolute atomic E-state index is 0.0137. The van der Waals surface area contributed by atoms with Gasteiger partial charge in [0.25, 0.3) is 0 Å². The van der Waals surface area contributed by atoms with E-state index in [9.17, 15) is 14.7 Å². The van der Waals surface area contributed by atoms with Gasteiger partial charge in [-0.1, -0.05) is 77.4 Å². The van der Waals surface area contributed by atoms with Crippen molar-refractivity contribution < 1.29 is 33.3 Å². The molecule has 1 N–H and O–H groups in total. The number of benzene rings is 3. The standard InChI is InChI=1S/C30H28N2O6/c1-21-26(31-28(38-21)23-12-6-3-7-13-23)16-17-37-32(30(35)36-20-22-10-4-2-5-11-22)19-25-15-9-8-14-24(25)18-27(32)29(33)34/h2-15,27H,16-20H2,1H3/p+1. The summed E-state index contributed by atoms with van der Waals surface area (Å²) in [5, 5.41) is 10.2. The average Bonchev–Trinajstić information content (AvgIpc) is 3.32. The molecule has 8 heteroatoms. The van der Waals surface area contributed by atoms with Crippen LogP contribution < -0.4 is 0 Å². The first-order valence-electron chi connectivity index (χ1n) is 12.5. The van der Waals surface area contributed by atoms with Crippen molar-refractivity contribution in [2.24, 2.45) is 0 Å². The second-order valence-electron chi connectivity index (χ2n) is 9.29. The molecule has 2 heterocycles. The summed E-state index contributed by atoms with van der Waals surface area (Å²) in [6.07, 6.45) is -0.257. The van der Waals surface area contributed by atoms with Crippen LogP contribution in [-0.2, 0) is 40.4 Å². The molecular formula is C30H29N2O6+. The van der Waals surface area contributed by atoms with Crippen molar-refractivity contribution in [3.8, 4) is 11.5 Å². The van der Waals surface area contributed by atoms with Crippen molar-refractivity contribution in [3.63, 3.8) is 0 Å². The fourth-order valence-electron chi connectivity index (χ4n) is 4.77. The van der Waals surface area contributed by atoms with Gasteiger partial charge in [0, 0.05) is 24.0 Å². The number of aliphatic carboxylic acids is 1. The first-order valence-corrected chi connectivity index (χ1v) is 12.5. The summed E-state index contributed by atoms with van der Waals surface area (Å²) in [6, 6.07) is 25.2. The molecule has 0 spiro atoms. The number of carboxylic acids is 1. The SMILES string of the molecule is Cc1oc(-c2ccccc2)nc1CCO[N+]1(C(=O)OCc2ccccc2)Cc2ccccc2CC1C(=O)O. The van der Waals surface area contributed by atoms with Gasteiger partial charge in [0.15, 0.2) is 0 Å². The average molecular weight is 514 g/mol. The van der Waals surface area contributed by atoms with E-state index < -0.39 is 22.8 Å². The Morgan fingerprint density at radius 3 is 2.34 bits per heavy atom. The summed E-state index contributed by atoms with van der Waals surface area (Å²) in [5.74, 6) is 0.0177. The normalized spacial score (nSPS) is 18.5. The number of amides is 1. The number of rotatable bonds is 8. The number of fused-ring (bicyclic) bond motifs is 1. The van der Waals surface area contributed by atoms with Crippen LogP contribution in [0.15, 0.2) is 89.3 Å². The second-order valence-corrected chi connectivity index (χ2v) is 9.29. The maximum Gasteiger partial charge on any atom is 0.551 e. The summed E-state index contributed by atoms with van der Waals surface area (Å²) in [6.45, 7) is 1.94. The number of carbonyl (C=O) groups is 2. The number of carboxylic acid groups (broad SMARTS) is 1. The van der Waals surface area contributed by atoms with Crippen molar-refractivity contribution in [3.05, 3.63) is 113 Å². The number of quaternary nitrogens is 1. The fraction of sp³-hybridized carbons (Fsp3) is 0.233. The molecule has 2 unspecified atom stereocenters. The van der Waals surface area contributed by atoms with E-state index in [1.807, 2.05) is 91.9 Å². The third-order valence-corrected chi connectivity index (χ3v) is 6.81. The zero-order valence-electron chi connectivity index (χ0n) is 21.1. The van der Waals surface area contributed by atoms with Gasteiger partial charge in [-0.05, 0) is 30.2 Å². The molecule has 0 bridgehead atoms. The van der Waals surface area contributed by atoms with E-state index in [4.69, 9.17) is 14.0 Å². The minimum Gasteiger partial charge on any atom is -0.477 e. The Bertz CT molecular complexity index is 1420.